The third-order valence-corrected chi connectivity index (χ3v) is 5.44. The molecule has 3 aromatic heterocycles. The van der Waals surface area contributed by atoms with E-state index in [9.17, 15) is 4.79 Å². The monoisotopic (exact) mass is 460 g/mol. The van der Waals surface area contributed by atoms with Crippen molar-refractivity contribution in [3.8, 4) is 11.3 Å². The standard InChI is InChI=1S/C25H26N6O.H2S/c1-15(19-6-5-7-20-21(25(32)26-4)8-9-27-24(19)20)13-28-23-12-22(29-14-30-23)18-10-16(2)31-17(3)11-18;/h5-12,14-15H,13H2,1-4H3,(H,26,32)(H,28,29,30);1H2/t15-;/m1./s1. The highest BCUT2D eigenvalue weighted by molar-refractivity contribution is 7.59. The van der Waals surface area contributed by atoms with Crippen molar-refractivity contribution in [2.45, 2.75) is 26.7 Å². The number of aryl methyl sites for hydroxylation is 2. The summed E-state index contributed by atoms with van der Waals surface area (Å²) in [5, 5.41) is 6.97. The molecule has 0 saturated carbocycles. The van der Waals surface area contributed by atoms with E-state index in [0.29, 0.717) is 12.1 Å². The molecule has 4 rings (SSSR count). The van der Waals surface area contributed by atoms with Crippen molar-refractivity contribution in [3.63, 3.8) is 0 Å². The van der Waals surface area contributed by atoms with Gasteiger partial charge < -0.3 is 10.6 Å². The van der Waals surface area contributed by atoms with Crippen LogP contribution < -0.4 is 10.6 Å². The van der Waals surface area contributed by atoms with Gasteiger partial charge in [0.1, 0.15) is 12.1 Å². The van der Waals surface area contributed by atoms with Crippen LogP contribution in [-0.4, -0.2) is 39.4 Å². The van der Waals surface area contributed by atoms with Gasteiger partial charge >= 0.3 is 0 Å². The summed E-state index contributed by atoms with van der Waals surface area (Å²) in [5.74, 6) is 0.790. The van der Waals surface area contributed by atoms with Gasteiger partial charge in [-0.05, 0) is 37.6 Å². The van der Waals surface area contributed by atoms with Gasteiger partial charge in [0.25, 0.3) is 5.91 Å². The normalized spacial score (nSPS) is 11.5. The van der Waals surface area contributed by atoms with Crippen LogP contribution in [0.4, 0.5) is 5.82 Å². The zero-order valence-corrected chi connectivity index (χ0v) is 20.2. The molecule has 0 unspecified atom stereocenters. The van der Waals surface area contributed by atoms with Gasteiger partial charge in [-0.15, -0.1) is 0 Å². The van der Waals surface area contributed by atoms with Crippen LogP contribution in [-0.2, 0) is 0 Å². The number of nitrogens with one attached hydrogen (secondary N) is 2. The predicted molar refractivity (Wildman–Crippen MR) is 137 cm³/mol. The molecule has 4 aromatic rings. The van der Waals surface area contributed by atoms with Gasteiger partial charge in [0.2, 0.25) is 0 Å². The van der Waals surface area contributed by atoms with E-state index in [1.54, 1.807) is 25.6 Å². The van der Waals surface area contributed by atoms with E-state index < -0.39 is 0 Å². The molecule has 1 amide bonds. The molecule has 170 valence electrons. The Bertz CT molecular complexity index is 1270. The highest BCUT2D eigenvalue weighted by Crippen LogP contribution is 2.27. The molecule has 1 atom stereocenters. The summed E-state index contributed by atoms with van der Waals surface area (Å²) < 4.78 is 0. The summed E-state index contributed by atoms with van der Waals surface area (Å²) in [6.45, 7) is 6.75. The maximum absolute atomic E-state index is 12.2. The zero-order valence-electron chi connectivity index (χ0n) is 19.2. The Kier molecular flexibility index (Phi) is 7.60. The quantitative estimate of drug-likeness (QED) is 0.443. The molecule has 2 N–H and O–H groups in total. The third kappa shape index (κ3) is 5.28. The maximum Gasteiger partial charge on any atom is 0.251 e. The topological polar surface area (TPSA) is 92.7 Å². The van der Waals surface area contributed by atoms with Crippen LogP contribution in [0.25, 0.3) is 22.2 Å². The van der Waals surface area contributed by atoms with Crippen molar-refractivity contribution in [2.75, 3.05) is 18.9 Å². The van der Waals surface area contributed by atoms with Crippen molar-refractivity contribution in [1.82, 2.24) is 25.3 Å². The third-order valence-electron chi connectivity index (χ3n) is 5.44. The van der Waals surface area contributed by atoms with E-state index >= 15 is 0 Å². The Labute approximate surface area is 200 Å². The fourth-order valence-corrected chi connectivity index (χ4v) is 3.89. The number of rotatable bonds is 6. The van der Waals surface area contributed by atoms with Crippen molar-refractivity contribution in [2.24, 2.45) is 0 Å². The number of aromatic nitrogens is 4. The number of amides is 1. The molecule has 0 saturated heterocycles. The Morgan fingerprint density at radius 3 is 2.52 bits per heavy atom. The average Bonchev–Trinajstić information content (AvgIpc) is 2.80. The minimum Gasteiger partial charge on any atom is -0.369 e. The average molecular weight is 461 g/mol. The number of nitrogens with zero attached hydrogens (tertiary/aromatic N) is 4. The van der Waals surface area contributed by atoms with E-state index in [0.717, 1.165) is 44.9 Å². The van der Waals surface area contributed by atoms with Gasteiger partial charge in [0.15, 0.2) is 0 Å². The largest absolute Gasteiger partial charge is 0.369 e. The first kappa shape index (κ1) is 24.1. The fraction of sp³-hybridized carbons (Fsp3) is 0.240. The summed E-state index contributed by atoms with van der Waals surface area (Å²) in [6.07, 6.45) is 3.26. The van der Waals surface area contributed by atoms with Crippen LogP contribution in [0.5, 0.6) is 0 Å². The lowest BCUT2D eigenvalue weighted by atomic mass is 9.96. The molecule has 0 aliphatic heterocycles. The molecule has 7 nitrogen and oxygen atoms in total. The second kappa shape index (κ2) is 10.4. The van der Waals surface area contributed by atoms with Gasteiger partial charge in [-0.1, -0.05) is 25.1 Å². The first-order valence-corrected chi connectivity index (χ1v) is 10.6. The first-order chi connectivity index (χ1) is 15.5. The number of para-hydroxylation sites is 1. The lowest BCUT2D eigenvalue weighted by molar-refractivity contribution is 0.0964. The molecule has 0 radical (unpaired) electrons. The highest BCUT2D eigenvalue weighted by Gasteiger charge is 2.15. The smallest absolute Gasteiger partial charge is 0.251 e. The van der Waals surface area contributed by atoms with Crippen LogP contribution in [0, 0.1) is 13.8 Å². The van der Waals surface area contributed by atoms with E-state index in [1.807, 2.05) is 44.2 Å². The van der Waals surface area contributed by atoms with Crippen LogP contribution >= 0.6 is 13.5 Å². The highest BCUT2D eigenvalue weighted by atomic mass is 32.1. The summed E-state index contributed by atoms with van der Waals surface area (Å²) in [7, 11) is 1.63. The molecule has 0 spiro atoms. The number of anilines is 1. The second-order valence-corrected chi connectivity index (χ2v) is 7.89. The molecule has 3 heterocycles. The lowest BCUT2D eigenvalue weighted by Crippen LogP contribution is -2.18. The SMILES string of the molecule is CNC(=O)c1ccnc2c([C@H](C)CNc3cc(-c4cc(C)nc(C)c4)ncn3)cccc12.S. The molecule has 0 aliphatic rings. The van der Waals surface area contributed by atoms with Crippen molar-refractivity contribution < 1.29 is 4.79 Å². The zero-order chi connectivity index (χ0) is 22.7. The van der Waals surface area contributed by atoms with Crippen LogP contribution in [0.1, 0.15) is 40.2 Å². The molecule has 8 heteroatoms. The summed E-state index contributed by atoms with van der Waals surface area (Å²) in [4.78, 5) is 30.0. The van der Waals surface area contributed by atoms with Gasteiger partial charge in [-0.2, -0.15) is 13.5 Å². The minimum absolute atomic E-state index is 0. The van der Waals surface area contributed by atoms with Crippen molar-refractivity contribution in [3.05, 3.63) is 77.5 Å². The molecular formula is C25H28N6OS. The fourth-order valence-electron chi connectivity index (χ4n) is 3.89. The van der Waals surface area contributed by atoms with Crippen LogP contribution in [0.15, 0.2) is 55.0 Å². The van der Waals surface area contributed by atoms with Crippen molar-refractivity contribution >= 4 is 36.1 Å². The van der Waals surface area contributed by atoms with E-state index in [2.05, 4.69) is 43.6 Å². The maximum atomic E-state index is 12.2. The van der Waals surface area contributed by atoms with Crippen LogP contribution in [0.2, 0.25) is 0 Å². The molecule has 1 aromatic carbocycles. The number of carbonyl (C=O) groups excluding carboxylic acids is 1. The molecule has 33 heavy (non-hydrogen) atoms. The summed E-state index contributed by atoms with van der Waals surface area (Å²) >= 11 is 0. The van der Waals surface area contributed by atoms with Gasteiger partial charge in [-0.3, -0.25) is 14.8 Å². The number of pyridine rings is 2. The predicted octanol–water partition coefficient (Wildman–Crippen LogP) is 4.39. The molecule has 0 aliphatic carbocycles. The Morgan fingerprint density at radius 2 is 1.79 bits per heavy atom. The first-order valence-electron chi connectivity index (χ1n) is 10.6. The Morgan fingerprint density at radius 1 is 1.03 bits per heavy atom. The van der Waals surface area contributed by atoms with E-state index in [1.165, 1.54) is 0 Å². The minimum atomic E-state index is -0.115. The summed E-state index contributed by atoms with van der Waals surface area (Å²) in [5.41, 5.74) is 6.34. The number of hydrogen-bond acceptors (Lipinski definition) is 6. The number of carbonyl (C=O) groups is 1. The lowest BCUT2D eigenvalue weighted by Gasteiger charge is -2.16. The van der Waals surface area contributed by atoms with Crippen molar-refractivity contribution in [1.29, 1.82) is 0 Å². The second-order valence-electron chi connectivity index (χ2n) is 7.89. The van der Waals surface area contributed by atoms with E-state index in [4.69, 9.17) is 0 Å². The molecule has 0 bridgehead atoms. The number of hydrogen-bond donors (Lipinski definition) is 2. The Balaban J connectivity index is 0.00000306. The van der Waals surface area contributed by atoms with Gasteiger partial charge in [0, 0.05) is 54.1 Å². The molecular weight excluding hydrogens is 432 g/mol. The summed E-state index contributed by atoms with van der Waals surface area (Å²) in [6, 6.07) is 13.7. The molecule has 0 fully saturated rings. The van der Waals surface area contributed by atoms with Gasteiger partial charge in [0.05, 0.1) is 16.8 Å². The number of benzene rings is 1. The van der Waals surface area contributed by atoms with E-state index in [-0.39, 0.29) is 25.3 Å². The number of fused-ring (bicyclic) bond motifs is 1. The van der Waals surface area contributed by atoms with Crippen LogP contribution in [0.3, 0.4) is 0 Å². The van der Waals surface area contributed by atoms with Gasteiger partial charge in [-0.25, -0.2) is 9.97 Å². The Hall–Kier alpha value is -3.52.